The van der Waals surface area contributed by atoms with E-state index in [1.54, 1.807) is 23.1 Å². The number of anilines is 1. The molecule has 0 spiro atoms. The third-order valence-electron chi connectivity index (χ3n) is 5.05. The number of hydrogen-bond acceptors (Lipinski definition) is 4. The predicted octanol–water partition coefficient (Wildman–Crippen LogP) is 3.74. The van der Waals surface area contributed by atoms with E-state index in [9.17, 15) is 14.4 Å². The molecule has 2 atom stereocenters. The van der Waals surface area contributed by atoms with E-state index in [4.69, 9.17) is 16.3 Å². The van der Waals surface area contributed by atoms with Crippen molar-refractivity contribution in [1.82, 2.24) is 4.90 Å². The largest absolute Gasteiger partial charge is 0.455 e. The predicted molar refractivity (Wildman–Crippen MR) is 110 cm³/mol. The second-order valence-electron chi connectivity index (χ2n) is 7.15. The maximum Gasteiger partial charge on any atom is 0.311 e. The summed E-state index contributed by atoms with van der Waals surface area (Å²) in [5, 5.41) is 3.26. The van der Waals surface area contributed by atoms with Crippen molar-refractivity contribution in [3.8, 4) is 0 Å². The summed E-state index contributed by atoms with van der Waals surface area (Å²) >= 11 is 5.90. The number of ether oxygens (including phenoxy) is 1. The molecular formula is C22H23ClN2O4. The van der Waals surface area contributed by atoms with Gasteiger partial charge < -0.3 is 15.0 Å². The zero-order valence-corrected chi connectivity index (χ0v) is 17.1. The first-order chi connectivity index (χ1) is 13.8. The van der Waals surface area contributed by atoms with Crippen LogP contribution in [0.2, 0.25) is 5.02 Å². The molecule has 0 radical (unpaired) electrons. The molecule has 152 valence electrons. The molecule has 29 heavy (non-hydrogen) atoms. The number of likely N-dealkylation sites (tertiary alicyclic amines) is 1. The Kier molecular flexibility index (Phi) is 6.54. The molecule has 1 saturated heterocycles. The number of aryl methyl sites for hydroxylation is 1. The molecule has 2 aromatic carbocycles. The third-order valence-corrected chi connectivity index (χ3v) is 5.28. The molecule has 2 amide bonds. The molecule has 1 heterocycles. The Morgan fingerprint density at radius 2 is 1.97 bits per heavy atom. The molecule has 0 aromatic heterocycles. The van der Waals surface area contributed by atoms with E-state index in [2.05, 4.69) is 5.32 Å². The van der Waals surface area contributed by atoms with Crippen molar-refractivity contribution < 1.29 is 19.1 Å². The normalized spacial score (nSPS) is 17.1. The number of hydrogen-bond donors (Lipinski definition) is 1. The number of esters is 1. The fourth-order valence-corrected chi connectivity index (χ4v) is 3.61. The lowest BCUT2D eigenvalue weighted by atomic mass is 10.1. The van der Waals surface area contributed by atoms with Crippen molar-refractivity contribution in [2.24, 2.45) is 5.92 Å². The molecule has 0 saturated carbocycles. The Morgan fingerprint density at radius 1 is 1.24 bits per heavy atom. The topological polar surface area (TPSA) is 75.7 Å². The lowest BCUT2D eigenvalue weighted by Gasteiger charge is -2.25. The van der Waals surface area contributed by atoms with Gasteiger partial charge in [-0.2, -0.15) is 0 Å². The van der Waals surface area contributed by atoms with Crippen LogP contribution in [-0.4, -0.2) is 35.8 Å². The Morgan fingerprint density at radius 3 is 2.66 bits per heavy atom. The van der Waals surface area contributed by atoms with Gasteiger partial charge in [0.1, 0.15) is 0 Å². The molecule has 6 nitrogen and oxygen atoms in total. The van der Waals surface area contributed by atoms with E-state index < -0.39 is 24.4 Å². The highest BCUT2D eigenvalue weighted by atomic mass is 35.5. The smallest absolute Gasteiger partial charge is 0.311 e. The Balaban J connectivity index is 1.52. The first kappa shape index (κ1) is 20.9. The summed E-state index contributed by atoms with van der Waals surface area (Å²) in [5.74, 6) is -1.64. The molecule has 0 unspecified atom stereocenters. The Hall–Kier alpha value is -2.86. The number of nitrogens with zero attached hydrogens (tertiary/aromatic N) is 1. The van der Waals surface area contributed by atoms with Crippen molar-refractivity contribution in [1.29, 1.82) is 0 Å². The van der Waals surface area contributed by atoms with Gasteiger partial charge >= 0.3 is 5.97 Å². The van der Waals surface area contributed by atoms with Crippen LogP contribution in [0.4, 0.5) is 5.69 Å². The molecule has 3 rings (SSSR count). The molecule has 1 fully saturated rings. The van der Waals surface area contributed by atoms with Crippen LogP contribution < -0.4 is 5.32 Å². The first-order valence-corrected chi connectivity index (χ1v) is 9.80. The van der Waals surface area contributed by atoms with Gasteiger partial charge in [-0.1, -0.05) is 41.9 Å². The first-order valence-electron chi connectivity index (χ1n) is 9.42. The number of benzene rings is 2. The lowest BCUT2D eigenvalue weighted by molar-refractivity contribution is -0.151. The summed E-state index contributed by atoms with van der Waals surface area (Å²) in [5.41, 5.74) is 2.42. The molecular weight excluding hydrogens is 392 g/mol. The molecule has 2 aromatic rings. The number of halogens is 1. The van der Waals surface area contributed by atoms with Gasteiger partial charge in [-0.25, -0.2) is 0 Å². The van der Waals surface area contributed by atoms with E-state index in [0.29, 0.717) is 10.7 Å². The van der Waals surface area contributed by atoms with Crippen molar-refractivity contribution in [2.75, 3.05) is 18.5 Å². The molecule has 1 aliphatic heterocycles. The van der Waals surface area contributed by atoms with Crippen molar-refractivity contribution in [2.45, 2.75) is 26.3 Å². The zero-order chi connectivity index (χ0) is 21.0. The minimum absolute atomic E-state index is 0.0912. The van der Waals surface area contributed by atoms with Gasteiger partial charge in [0.15, 0.2) is 6.61 Å². The molecule has 0 aliphatic carbocycles. The Bertz CT molecular complexity index is 916. The van der Waals surface area contributed by atoms with Gasteiger partial charge in [0.05, 0.1) is 12.0 Å². The fourth-order valence-electron chi connectivity index (χ4n) is 3.38. The van der Waals surface area contributed by atoms with Crippen LogP contribution in [0.5, 0.6) is 0 Å². The van der Waals surface area contributed by atoms with Crippen LogP contribution in [0.1, 0.15) is 30.5 Å². The maximum absolute atomic E-state index is 12.4. The van der Waals surface area contributed by atoms with E-state index in [1.165, 1.54) is 0 Å². The van der Waals surface area contributed by atoms with E-state index in [0.717, 1.165) is 11.1 Å². The number of rotatable bonds is 6. The number of carbonyl (C=O) groups excluding carboxylic acids is 3. The average molecular weight is 415 g/mol. The van der Waals surface area contributed by atoms with Gasteiger partial charge in [-0.05, 0) is 43.2 Å². The van der Waals surface area contributed by atoms with Crippen LogP contribution in [0.15, 0.2) is 48.5 Å². The second-order valence-corrected chi connectivity index (χ2v) is 7.59. The maximum atomic E-state index is 12.4. The number of amides is 2. The highest BCUT2D eigenvalue weighted by molar-refractivity contribution is 6.30. The van der Waals surface area contributed by atoms with Gasteiger partial charge in [0, 0.05) is 23.7 Å². The third kappa shape index (κ3) is 5.15. The van der Waals surface area contributed by atoms with Crippen molar-refractivity contribution >= 4 is 35.1 Å². The summed E-state index contributed by atoms with van der Waals surface area (Å²) in [6.45, 7) is 3.63. The number of nitrogens with one attached hydrogen (secondary N) is 1. The van der Waals surface area contributed by atoms with Crippen LogP contribution in [-0.2, 0) is 19.1 Å². The molecule has 0 bridgehead atoms. The van der Waals surface area contributed by atoms with E-state index in [1.807, 2.05) is 44.2 Å². The monoisotopic (exact) mass is 414 g/mol. The summed E-state index contributed by atoms with van der Waals surface area (Å²) in [6.07, 6.45) is 0.0912. The van der Waals surface area contributed by atoms with E-state index >= 15 is 0 Å². The summed E-state index contributed by atoms with van der Waals surface area (Å²) in [7, 11) is 0. The Labute approximate surface area is 174 Å². The standard InChI is InChI=1S/C22H23ClN2O4/c1-14-10-18(23)8-9-19(14)24-20(26)13-29-22(28)17-11-21(27)25(12-17)15(2)16-6-4-3-5-7-16/h3-10,15,17H,11-13H2,1-2H3,(H,24,26)/t15-,17+/m0/s1. The van der Waals surface area contributed by atoms with Gasteiger partial charge in [-0.3, -0.25) is 14.4 Å². The molecule has 1 aliphatic rings. The SMILES string of the molecule is Cc1cc(Cl)ccc1NC(=O)COC(=O)[C@@H]1CC(=O)N([C@@H](C)c2ccccc2)C1. The minimum Gasteiger partial charge on any atom is -0.455 e. The van der Waals surface area contributed by atoms with Crippen molar-refractivity contribution in [3.63, 3.8) is 0 Å². The van der Waals surface area contributed by atoms with Gasteiger partial charge in [-0.15, -0.1) is 0 Å². The quantitative estimate of drug-likeness (QED) is 0.730. The lowest BCUT2D eigenvalue weighted by Crippen LogP contribution is -2.30. The molecule has 7 heteroatoms. The van der Waals surface area contributed by atoms with Gasteiger partial charge in [0.2, 0.25) is 5.91 Å². The zero-order valence-electron chi connectivity index (χ0n) is 16.4. The van der Waals surface area contributed by atoms with Crippen LogP contribution >= 0.6 is 11.6 Å². The van der Waals surface area contributed by atoms with Crippen molar-refractivity contribution in [3.05, 3.63) is 64.7 Å². The summed E-state index contributed by atoms with van der Waals surface area (Å²) < 4.78 is 5.15. The highest BCUT2D eigenvalue weighted by Crippen LogP contribution is 2.29. The summed E-state index contributed by atoms with van der Waals surface area (Å²) in [6, 6.07) is 14.6. The number of carbonyl (C=O) groups is 3. The fraction of sp³-hybridized carbons (Fsp3) is 0.318. The highest BCUT2D eigenvalue weighted by Gasteiger charge is 2.38. The van der Waals surface area contributed by atoms with Gasteiger partial charge in [0.25, 0.3) is 5.91 Å². The average Bonchev–Trinajstić information content (AvgIpc) is 3.10. The van der Waals surface area contributed by atoms with Crippen LogP contribution in [0.3, 0.4) is 0 Å². The van der Waals surface area contributed by atoms with Crippen LogP contribution in [0, 0.1) is 12.8 Å². The van der Waals surface area contributed by atoms with E-state index in [-0.39, 0.29) is 24.9 Å². The second kappa shape index (κ2) is 9.09. The summed E-state index contributed by atoms with van der Waals surface area (Å²) in [4.78, 5) is 38.5. The minimum atomic E-state index is -0.571. The molecule has 1 N–H and O–H groups in total. The van der Waals surface area contributed by atoms with Crippen LogP contribution in [0.25, 0.3) is 0 Å².